The summed E-state index contributed by atoms with van der Waals surface area (Å²) in [5, 5.41) is 12.3. The molecule has 1 aliphatic rings. The molecule has 2 unspecified atom stereocenters. The van der Waals surface area contributed by atoms with Gasteiger partial charge in [0, 0.05) is 11.6 Å². The largest absolute Gasteiger partial charge is 0.493 e. The molecule has 1 heterocycles. The van der Waals surface area contributed by atoms with Crippen LogP contribution in [0.25, 0.3) is 0 Å². The van der Waals surface area contributed by atoms with Gasteiger partial charge in [0.15, 0.2) is 11.5 Å². The van der Waals surface area contributed by atoms with Gasteiger partial charge in [0.25, 0.3) is 0 Å². The first-order valence-electron chi connectivity index (χ1n) is 5.81. The Kier molecular flexibility index (Phi) is 3.43. The Morgan fingerprint density at radius 3 is 2.67 bits per heavy atom. The van der Waals surface area contributed by atoms with Gasteiger partial charge >= 0.3 is 5.97 Å². The number of aliphatic carboxylic acids is 1. The minimum absolute atomic E-state index is 0.0830. The summed E-state index contributed by atoms with van der Waals surface area (Å²) < 4.78 is 10.6. The highest BCUT2D eigenvalue weighted by molar-refractivity contribution is 5.77. The molecule has 0 aromatic heterocycles. The highest BCUT2D eigenvalue weighted by atomic mass is 16.5. The van der Waals surface area contributed by atoms with Crippen LogP contribution in [0.4, 0.5) is 0 Å². The van der Waals surface area contributed by atoms with Crippen LogP contribution in [0.2, 0.25) is 0 Å². The average Bonchev–Trinajstić information content (AvgIpc) is 2.35. The summed E-state index contributed by atoms with van der Waals surface area (Å²) in [5.74, 6) is 0.388. The van der Waals surface area contributed by atoms with Gasteiger partial charge in [-0.1, -0.05) is 6.07 Å². The number of hydrogen-bond donors (Lipinski definition) is 2. The van der Waals surface area contributed by atoms with Gasteiger partial charge in [-0.05, 0) is 25.0 Å². The topological polar surface area (TPSA) is 67.8 Å². The van der Waals surface area contributed by atoms with Crippen LogP contribution >= 0.6 is 0 Å². The van der Waals surface area contributed by atoms with E-state index in [-0.39, 0.29) is 6.04 Å². The van der Waals surface area contributed by atoms with Crippen LogP contribution in [-0.2, 0) is 11.2 Å². The van der Waals surface area contributed by atoms with Crippen molar-refractivity contribution in [1.29, 1.82) is 0 Å². The van der Waals surface area contributed by atoms with Gasteiger partial charge in [0.1, 0.15) is 6.04 Å². The van der Waals surface area contributed by atoms with E-state index in [0.29, 0.717) is 11.5 Å². The Bertz CT molecular complexity index is 472. The van der Waals surface area contributed by atoms with E-state index in [1.807, 2.05) is 6.92 Å². The number of fused-ring (bicyclic) bond motifs is 1. The lowest BCUT2D eigenvalue weighted by Gasteiger charge is -2.30. The quantitative estimate of drug-likeness (QED) is 0.849. The molecule has 1 aliphatic heterocycles. The molecule has 2 atom stereocenters. The molecule has 2 rings (SSSR count). The average molecular weight is 251 g/mol. The lowest BCUT2D eigenvalue weighted by Crippen LogP contribution is -2.41. The number of methoxy groups -OCH3 is 2. The zero-order valence-electron chi connectivity index (χ0n) is 10.7. The summed E-state index contributed by atoms with van der Waals surface area (Å²) >= 11 is 0. The lowest BCUT2D eigenvalue weighted by atomic mass is 9.89. The third-order valence-corrected chi connectivity index (χ3v) is 3.20. The van der Waals surface area contributed by atoms with Gasteiger partial charge in [-0.15, -0.1) is 0 Å². The standard InChI is InChI=1S/C13H17NO4/c1-7-6-9-8(11(14-7)13(15)16)4-5-10(17-2)12(9)18-3/h4-5,7,11,14H,6H2,1-3H3,(H,15,16). The van der Waals surface area contributed by atoms with E-state index in [1.165, 1.54) is 0 Å². The molecule has 0 spiro atoms. The molecule has 2 N–H and O–H groups in total. The van der Waals surface area contributed by atoms with E-state index in [2.05, 4.69) is 5.32 Å². The Labute approximate surface area is 106 Å². The minimum atomic E-state index is -0.880. The Morgan fingerprint density at radius 1 is 1.39 bits per heavy atom. The molecule has 0 saturated carbocycles. The fourth-order valence-corrected chi connectivity index (χ4v) is 2.43. The lowest BCUT2D eigenvalue weighted by molar-refractivity contribution is -0.140. The van der Waals surface area contributed by atoms with E-state index < -0.39 is 12.0 Å². The molecule has 0 aliphatic carbocycles. The first-order chi connectivity index (χ1) is 8.58. The molecule has 1 aromatic carbocycles. The molecule has 0 saturated heterocycles. The van der Waals surface area contributed by atoms with Crippen molar-refractivity contribution in [3.05, 3.63) is 23.3 Å². The minimum Gasteiger partial charge on any atom is -0.493 e. The van der Waals surface area contributed by atoms with Crippen molar-refractivity contribution in [1.82, 2.24) is 5.32 Å². The van der Waals surface area contributed by atoms with E-state index in [1.54, 1.807) is 26.4 Å². The Hall–Kier alpha value is -1.75. The first-order valence-corrected chi connectivity index (χ1v) is 5.81. The van der Waals surface area contributed by atoms with Crippen molar-refractivity contribution in [2.75, 3.05) is 14.2 Å². The van der Waals surface area contributed by atoms with Gasteiger partial charge in [-0.2, -0.15) is 0 Å². The van der Waals surface area contributed by atoms with Crippen molar-refractivity contribution in [2.45, 2.75) is 25.4 Å². The molecule has 0 radical (unpaired) electrons. The second-order valence-electron chi connectivity index (χ2n) is 4.41. The van der Waals surface area contributed by atoms with E-state index in [4.69, 9.17) is 9.47 Å². The number of benzene rings is 1. The number of hydrogen-bond acceptors (Lipinski definition) is 4. The van der Waals surface area contributed by atoms with Crippen LogP contribution in [0.15, 0.2) is 12.1 Å². The molecule has 0 amide bonds. The summed E-state index contributed by atoms with van der Waals surface area (Å²) in [4.78, 5) is 11.3. The summed E-state index contributed by atoms with van der Waals surface area (Å²) in [6.45, 7) is 1.96. The van der Waals surface area contributed by atoms with E-state index in [0.717, 1.165) is 17.5 Å². The summed E-state index contributed by atoms with van der Waals surface area (Å²) in [7, 11) is 3.14. The normalized spacial score (nSPS) is 22.2. The van der Waals surface area contributed by atoms with Crippen molar-refractivity contribution in [3.8, 4) is 11.5 Å². The fourth-order valence-electron chi connectivity index (χ4n) is 2.43. The van der Waals surface area contributed by atoms with Crippen LogP contribution in [0.5, 0.6) is 11.5 Å². The van der Waals surface area contributed by atoms with E-state index in [9.17, 15) is 9.90 Å². The predicted octanol–water partition coefficient (Wildman–Crippen LogP) is 1.36. The van der Waals surface area contributed by atoms with Crippen molar-refractivity contribution < 1.29 is 19.4 Å². The predicted molar refractivity (Wildman–Crippen MR) is 66.2 cm³/mol. The fraction of sp³-hybridized carbons (Fsp3) is 0.462. The third-order valence-electron chi connectivity index (χ3n) is 3.20. The van der Waals surface area contributed by atoms with Crippen LogP contribution < -0.4 is 14.8 Å². The summed E-state index contributed by atoms with van der Waals surface area (Å²) in [6.07, 6.45) is 0.722. The van der Waals surface area contributed by atoms with Gasteiger partial charge in [-0.3, -0.25) is 10.1 Å². The third kappa shape index (κ3) is 2.01. The van der Waals surface area contributed by atoms with Crippen LogP contribution in [0.3, 0.4) is 0 Å². The molecule has 1 aromatic rings. The molecular weight excluding hydrogens is 234 g/mol. The maximum atomic E-state index is 11.3. The molecule has 98 valence electrons. The molecular formula is C13H17NO4. The zero-order chi connectivity index (χ0) is 13.3. The van der Waals surface area contributed by atoms with Crippen molar-refractivity contribution >= 4 is 5.97 Å². The van der Waals surface area contributed by atoms with Gasteiger partial charge in [-0.25, -0.2) is 0 Å². The maximum Gasteiger partial charge on any atom is 0.325 e. The van der Waals surface area contributed by atoms with Crippen molar-refractivity contribution in [2.24, 2.45) is 0 Å². The Balaban J connectivity index is 2.57. The van der Waals surface area contributed by atoms with Gasteiger partial charge in [0.2, 0.25) is 0 Å². The second kappa shape index (κ2) is 4.86. The molecule has 5 nitrogen and oxygen atoms in total. The zero-order valence-corrected chi connectivity index (χ0v) is 10.7. The molecule has 18 heavy (non-hydrogen) atoms. The molecule has 0 bridgehead atoms. The number of carboxylic acid groups (broad SMARTS) is 1. The van der Waals surface area contributed by atoms with Gasteiger partial charge in [0.05, 0.1) is 14.2 Å². The van der Waals surface area contributed by atoms with Crippen molar-refractivity contribution in [3.63, 3.8) is 0 Å². The molecule has 5 heteroatoms. The smallest absolute Gasteiger partial charge is 0.325 e. The van der Waals surface area contributed by atoms with Gasteiger partial charge < -0.3 is 14.6 Å². The monoisotopic (exact) mass is 251 g/mol. The van der Waals surface area contributed by atoms with Crippen LogP contribution in [0, 0.1) is 0 Å². The SMILES string of the molecule is COc1ccc2c(c1OC)CC(C)NC2C(=O)O. The molecule has 0 fully saturated rings. The first kappa shape index (κ1) is 12.7. The number of carbonyl (C=O) groups is 1. The number of nitrogens with one attached hydrogen (secondary N) is 1. The number of carboxylic acids is 1. The highest BCUT2D eigenvalue weighted by Gasteiger charge is 2.32. The second-order valence-corrected chi connectivity index (χ2v) is 4.41. The van der Waals surface area contributed by atoms with Crippen LogP contribution in [-0.4, -0.2) is 31.3 Å². The Morgan fingerprint density at radius 2 is 2.11 bits per heavy atom. The summed E-state index contributed by atoms with van der Waals surface area (Å²) in [5.41, 5.74) is 1.66. The maximum absolute atomic E-state index is 11.3. The number of rotatable bonds is 3. The number of ether oxygens (including phenoxy) is 2. The van der Waals surface area contributed by atoms with E-state index >= 15 is 0 Å². The van der Waals surface area contributed by atoms with Crippen LogP contribution in [0.1, 0.15) is 24.1 Å². The highest BCUT2D eigenvalue weighted by Crippen LogP contribution is 2.38. The summed E-state index contributed by atoms with van der Waals surface area (Å²) in [6, 6.07) is 2.92.